The molecule has 2 heterocycles. The van der Waals surface area contributed by atoms with Crippen LogP contribution in [-0.4, -0.2) is 39.8 Å². The van der Waals surface area contributed by atoms with Gasteiger partial charge in [-0.1, -0.05) is 35.9 Å². The van der Waals surface area contributed by atoms with Crippen LogP contribution in [0.5, 0.6) is 5.75 Å². The van der Waals surface area contributed by atoms with Crippen molar-refractivity contribution in [3.63, 3.8) is 0 Å². The predicted octanol–water partition coefficient (Wildman–Crippen LogP) is 4.68. The maximum absolute atomic E-state index is 12.3. The Kier molecular flexibility index (Phi) is 4.99. The molecule has 1 aliphatic carbocycles. The zero-order chi connectivity index (χ0) is 20.7. The highest BCUT2D eigenvalue weighted by molar-refractivity contribution is 6.30. The first-order chi connectivity index (χ1) is 14.7. The summed E-state index contributed by atoms with van der Waals surface area (Å²) in [6, 6.07) is 16.1. The summed E-state index contributed by atoms with van der Waals surface area (Å²) in [5, 5.41) is 5.72. The third-order valence-corrected chi connectivity index (χ3v) is 6.25. The SMILES string of the molecule is CCOc1ccccc1-n1nc2c(c1-c1ccc(Cl)cc1)CC(N1CCCC1=O)C2. The van der Waals surface area contributed by atoms with Gasteiger partial charge < -0.3 is 9.64 Å². The van der Waals surface area contributed by atoms with Gasteiger partial charge in [-0.3, -0.25) is 4.79 Å². The van der Waals surface area contributed by atoms with E-state index in [2.05, 4.69) is 0 Å². The lowest BCUT2D eigenvalue weighted by Gasteiger charge is -2.24. The van der Waals surface area contributed by atoms with Crippen LogP contribution in [0.15, 0.2) is 48.5 Å². The van der Waals surface area contributed by atoms with Gasteiger partial charge in [-0.2, -0.15) is 5.10 Å². The van der Waals surface area contributed by atoms with E-state index in [1.807, 2.05) is 65.0 Å². The van der Waals surface area contributed by atoms with E-state index in [0.29, 0.717) is 18.1 Å². The van der Waals surface area contributed by atoms with Gasteiger partial charge in [0.15, 0.2) is 0 Å². The van der Waals surface area contributed by atoms with Gasteiger partial charge in [-0.15, -0.1) is 0 Å². The minimum absolute atomic E-state index is 0.209. The molecule has 1 fully saturated rings. The molecule has 1 aromatic heterocycles. The number of halogens is 1. The van der Waals surface area contributed by atoms with Crippen LogP contribution in [0, 0.1) is 0 Å². The van der Waals surface area contributed by atoms with Crippen LogP contribution in [0.2, 0.25) is 5.02 Å². The van der Waals surface area contributed by atoms with Crippen LogP contribution in [0.4, 0.5) is 0 Å². The van der Waals surface area contributed by atoms with Crippen LogP contribution < -0.4 is 4.74 Å². The lowest BCUT2D eigenvalue weighted by Crippen LogP contribution is -2.37. The van der Waals surface area contributed by atoms with Crippen molar-refractivity contribution in [3.05, 3.63) is 64.8 Å². The number of para-hydroxylation sites is 2. The number of ether oxygens (including phenoxy) is 1. The van der Waals surface area contributed by atoms with Gasteiger partial charge in [0, 0.05) is 41.6 Å². The third-order valence-electron chi connectivity index (χ3n) is 6.00. The summed E-state index contributed by atoms with van der Waals surface area (Å²) in [7, 11) is 0. The molecular weight excluding hydrogens is 398 g/mol. The van der Waals surface area contributed by atoms with E-state index in [0.717, 1.165) is 54.2 Å². The molecule has 1 unspecified atom stereocenters. The minimum Gasteiger partial charge on any atom is -0.492 e. The highest BCUT2D eigenvalue weighted by atomic mass is 35.5. The minimum atomic E-state index is 0.209. The largest absolute Gasteiger partial charge is 0.492 e. The fourth-order valence-electron chi connectivity index (χ4n) is 4.67. The lowest BCUT2D eigenvalue weighted by atomic mass is 10.0. The summed E-state index contributed by atoms with van der Waals surface area (Å²) in [4.78, 5) is 14.3. The van der Waals surface area contributed by atoms with E-state index in [1.165, 1.54) is 5.56 Å². The summed E-state index contributed by atoms with van der Waals surface area (Å²) in [6.45, 7) is 3.43. The molecule has 5 rings (SSSR count). The smallest absolute Gasteiger partial charge is 0.222 e. The average molecular weight is 422 g/mol. The molecule has 3 aromatic rings. The molecule has 0 saturated carbocycles. The van der Waals surface area contributed by atoms with E-state index >= 15 is 0 Å². The lowest BCUT2D eigenvalue weighted by molar-refractivity contribution is -0.129. The highest BCUT2D eigenvalue weighted by Gasteiger charge is 2.37. The number of carbonyl (C=O) groups is 1. The summed E-state index contributed by atoms with van der Waals surface area (Å²) in [5.41, 5.74) is 5.33. The number of aromatic nitrogens is 2. The number of carbonyl (C=O) groups excluding carboxylic acids is 1. The molecule has 1 aliphatic heterocycles. The zero-order valence-corrected chi connectivity index (χ0v) is 17.7. The molecule has 1 saturated heterocycles. The van der Waals surface area contributed by atoms with Crippen molar-refractivity contribution in [1.82, 2.24) is 14.7 Å². The molecule has 0 spiro atoms. The Labute approximate surface area is 181 Å². The van der Waals surface area contributed by atoms with Gasteiger partial charge in [0.25, 0.3) is 0 Å². The normalized spacial score (nSPS) is 18.1. The van der Waals surface area contributed by atoms with Gasteiger partial charge >= 0.3 is 0 Å². The second kappa shape index (κ2) is 7.80. The molecular formula is C24H24ClN3O2. The molecule has 154 valence electrons. The van der Waals surface area contributed by atoms with Crippen molar-refractivity contribution in [3.8, 4) is 22.7 Å². The van der Waals surface area contributed by atoms with Gasteiger partial charge in [0.05, 0.1) is 18.0 Å². The summed E-state index contributed by atoms with van der Waals surface area (Å²) in [6.07, 6.45) is 3.25. The van der Waals surface area contributed by atoms with E-state index in [-0.39, 0.29) is 11.9 Å². The molecule has 2 aliphatic rings. The average Bonchev–Trinajstić information content (AvgIpc) is 3.43. The molecule has 0 N–H and O–H groups in total. The molecule has 30 heavy (non-hydrogen) atoms. The first-order valence-electron chi connectivity index (χ1n) is 10.5. The Morgan fingerprint density at radius 3 is 2.67 bits per heavy atom. The van der Waals surface area contributed by atoms with Crippen LogP contribution in [0.25, 0.3) is 16.9 Å². The van der Waals surface area contributed by atoms with Crippen molar-refractivity contribution in [2.24, 2.45) is 0 Å². The highest BCUT2D eigenvalue weighted by Crippen LogP contribution is 2.38. The topological polar surface area (TPSA) is 47.4 Å². The van der Waals surface area contributed by atoms with E-state index in [9.17, 15) is 4.79 Å². The number of hydrogen-bond donors (Lipinski definition) is 0. The van der Waals surface area contributed by atoms with Crippen molar-refractivity contribution in [2.45, 2.75) is 38.6 Å². The Balaban J connectivity index is 1.62. The second-order valence-electron chi connectivity index (χ2n) is 7.85. The summed E-state index contributed by atoms with van der Waals surface area (Å²) >= 11 is 6.15. The van der Waals surface area contributed by atoms with Gasteiger partial charge in [0.1, 0.15) is 11.4 Å². The first-order valence-corrected chi connectivity index (χ1v) is 10.9. The standard InChI is InChI=1S/C24H24ClN3O2/c1-2-30-22-7-4-3-6-21(22)28-24(16-9-11-17(25)12-10-16)19-14-18(15-20(19)26-28)27-13-5-8-23(27)29/h3-4,6-7,9-12,18H,2,5,8,13-15H2,1H3. The second-order valence-corrected chi connectivity index (χ2v) is 8.28. The molecule has 2 aromatic carbocycles. The van der Waals surface area contributed by atoms with E-state index in [4.69, 9.17) is 21.4 Å². The van der Waals surface area contributed by atoms with Crippen LogP contribution in [0.1, 0.15) is 31.0 Å². The number of benzene rings is 2. The van der Waals surface area contributed by atoms with Gasteiger partial charge in [-0.25, -0.2) is 4.68 Å². The first kappa shape index (κ1) is 19.2. The maximum atomic E-state index is 12.3. The number of fused-ring (bicyclic) bond motifs is 1. The maximum Gasteiger partial charge on any atom is 0.222 e. The number of rotatable bonds is 5. The Morgan fingerprint density at radius 1 is 1.13 bits per heavy atom. The molecule has 6 heteroatoms. The Morgan fingerprint density at radius 2 is 1.93 bits per heavy atom. The molecule has 5 nitrogen and oxygen atoms in total. The number of likely N-dealkylation sites (tertiary alicyclic amines) is 1. The predicted molar refractivity (Wildman–Crippen MR) is 117 cm³/mol. The monoisotopic (exact) mass is 421 g/mol. The summed E-state index contributed by atoms with van der Waals surface area (Å²) in [5.74, 6) is 1.08. The fraction of sp³-hybridized carbons (Fsp3) is 0.333. The molecule has 1 atom stereocenters. The summed E-state index contributed by atoms with van der Waals surface area (Å²) < 4.78 is 7.88. The Bertz CT molecular complexity index is 1090. The zero-order valence-electron chi connectivity index (χ0n) is 17.0. The van der Waals surface area contributed by atoms with Crippen molar-refractivity contribution in [1.29, 1.82) is 0 Å². The van der Waals surface area contributed by atoms with E-state index in [1.54, 1.807) is 0 Å². The number of hydrogen-bond acceptors (Lipinski definition) is 3. The number of nitrogens with zero attached hydrogens (tertiary/aromatic N) is 3. The van der Waals surface area contributed by atoms with Crippen molar-refractivity contribution in [2.75, 3.05) is 13.2 Å². The van der Waals surface area contributed by atoms with E-state index < -0.39 is 0 Å². The van der Waals surface area contributed by atoms with Crippen LogP contribution in [-0.2, 0) is 17.6 Å². The van der Waals surface area contributed by atoms with Crippen molar-refractivity contribution >= 4 is 17.5 Å². The molecule has 1 amide bonds. The van der Waals surface area contributed by atoms with Crippen LogP contribution in [0.3, 0.4) is 0 Å². The molecule has 0 radical (unpaired) electrons. The number of amides is 1. The third kappa shape index (κ3) is 3.27. The van der Waals surface area contributed by atoms with Gasteiger partial charge in [0.2, 0.25) is 5.91 Å². The van der Waals surface area contributed by atoms with Gasteiger partial charge in [-0.05, 0) is 44.0 Å². The fourth-order valence-corrected chi connectivity index (χ4v) is 4.79. The van der Waals surface area contributed by atoms with Crippen molar-refractivity contribution < 1.29 is 9.53 Å². The quantitative estimate of drug-likeness (QED) is 0.600. The van der Waals surface area contributed by atoms with Crippen LogP contribution >= 0.6 is 11.6 Å². The Hall–Kier alpha value is -2.79. The molecule has 0 bridgehead atoms.